The molecule has 0 aliphatic rings. The van der Waals surface area contributed by atoms with Gasteiger partial charge in [-0.25, -0.2) is 0 Å². The lowest BCUT2D eigenvalue weighted by Crippen LogP contribution is -2.37. The summed E-state index contributed by atoms with van der Waals surface area (Å²) < 4.78 is 6.98. The molecule has 1 aromatic heterocycles. The van der Waals surface area contributed by atoms with Crippen molar-refractivity contribution >= 4 is 39.3 Å². The lowest BCUT2D eigenvalue weighted by Gasteiger charge is -2.20. The van der Waals surface area contributed by atoms with Crippen molar-refractivity contribution in [3.05, 3.63) is 83.0 Å². The average molecular weight is 429 g/mol. The zero-order valence-corrected chi connectivity index (χ0v) is 17.9. The second kappa shape index (κ2) is 8.93. The number of ether oxygens (including phenoxy) is 1. The fourth-order valence-electron chi connectivity index (χ4n) is 3.71. The van der Waals surface area contributed by atoms with E-state index >= 15 is 0 Å². The number of methoxy groups -OCH3 is 1. The van der Waals surface area contributed by atoms with E-state index in [1.807, 2.05) is 28.8 Å². The van der Waals surface area contributed by atoms with Gasteiger partial charge < -0.3 is 19.5 Å². The maximum absolute atomic E-state index is 13.0. The zero-order valence-electron chi connectivity index (χ0n) is 17.9. The minimum absolute atomic E-state index is 0.00421. The van der Waals surface area contributed by atoms with Gasteiger partial charge in [0.15, 0.2) is 5.43 Å². The van der Waals surface area contributed by atoms with Crippen molar-refractivity contribution in [2.75, 3.05) is 26.0 Å². The normalized spacial score (nSPS) is 10.8. The van der Waals surface area contributed by atoms with Crippen LogP contribution in [0.3, 0.4) is 0 Å². The number of fused-ring (bicyclic) bond motifs is 2. The molecular formula is C25H23N3O4. The van der Waals surface area contributed by atoms with E-state index in [0.29, 0.717) is 33.2 Å². The number of amides is 2. The van der Waals surface area contributed by atoms with Crippen LogP contribution < -0.4 is 15.5 Å². The molecule has 0 saturated heterocycles. The van der Waals surface area contributed by atoms with Crippen LogP contribution in [0.1, 0.15) is 0 Å². The van der Waals surface area contributed by atoms with Gasteiger partial charge in [0.2, 0.25) is 11.8 Å². The van der Waals surface area contributed by atoms with Crippen LogP contribution in [0.25, 0.3) is 21.8 Å². The van der Waals surface area contributed by atoms with Gasteiger partial charge in [-0.15, -0.1) is 0 Å². The molecule has 0 aliphatic carbocycles. The number of hydrogen-bond donors (Lipinski definition) is 1. The van der Waals surface area contributed by atoms with E-state index in [-0.39, 0.29) is 30.3 Å². The van der Waals surface area contributed by atoms with Crippen molar-refractivity contribution in [3.63, 3.8) is 0 Å². The molecule has 0 saturated carbocycles. The molecule has 1 heterocycles. The Bertz CT molecular complexity index is 1320. The van der Waals surface area contributed by atoms with Crippen LogP contribution in [0, 0.1) is 0 Å². The van der Waals surface area contributed by atoms with Gasteiger partial charge in [0.05, 0.1) is 24.7 Å². The lowest BCUT2D eigenvalue weighted by atomic mass is 10.1. The molecule has 3 aromatic carbocycles. The van der Waals surface area contributed by atoms with Crippen LogP contribution in [0.2, 0.25) is 0 Å². The van der Waals surface area contributed by atoms with E-state index in [0.717, 1.165) is 0 Å². The number of nitrogens with zero attached hydrogens (tertiary/aromatic N) is 2. The van der Waals surface area contributed by atoms with Gasteiger partial charge in [-0.2, -0.15) is 0 Å². The molecule has 1 N–H and O–H groups in total. The van der Waals surface area contributed by atoms with Crippen molar-refractivity contribution in [2.24, 2.45) is 0 Å². The van der Waals surface area contributed by atoms with Crippen molar-refractivity contribution in [1.82, 2.24) is 9.47 Å². The minimum Gasteiger partial charge on any atom is -0.497 e. The van der Waals surface area contributed by atoms with E-state index in [1.54, 1.807) is 62.7 Å². The standard InChI is InChI=1S/C25H23N3O4/c1-27(15-23(29)26-17-8-7-9-18(14-17)32-2)24(30)16-28-21-12-5-3-10-19(21)25(31)20-11-4-6-13-22(20)28/h3-14H,15-16H2,1-2H3,(H,26,29). The Morgan fingerprint density at radius 1 is 0.938 bits per heavy atom. The Balaban J connectivity index is 1.56. The quantitative estimate of drug-likeness (QED) is 0.477. The fourth-order valence-corrected chi connectivity index (χ4v) is 3.71. The van der Waals surface area contributed by atoms with E-state index in [9.17, 15) is 14.4 Å². The van der Waals surface area contributed by atoms with Gasteiger partial charge >= 0.3 is 0 Å². The molecule has 7 heteroatoms. The largest absolute Gasteiger partial charge is 0.497 e. The molecule has 0 radical (unpaired) electrons. The lowest BCUT2D eigenvalue weighted by molar-refractivity contribution is -0.133. The maximum atomic E-state index is 13.0. The molecule has 0 fully saturated rings. The number of pyridine rings is 1. The molecule has 7 nitrogen and oxygen atoms in total. The Kier molecular flexibility index (Phi) is 5.89. The summed E-state index contributed by atoms with van der Waals surface area (Å²) in [5.74, 6) is 0.0673. The van der Waals surface area contributed by atoms with Crippen LogP contribution in [0.5, 0.6) is 5.75 Å². The topological polar surface area (TPSA) is 80.6 Å². The van der Waals surface area contributed by atoms with Gasteiger partial charge in [-0.3, -0.25) is 14.4 Å². The molecule has 162 valence electrons. The molecule has 2 amide bonds. The summed E-state index contributed by atoms with van der Waals surface area (Å²) in [5, 5.41) is 3.88. The number of likely N-dealkylation sites (N-methyl/N-ethyl adjacent to an activating group) is 1. The number of nitrogens with one attached hydrogen (secondary N) is 1. The molecule has 4 rings (SSSR count). The first kappa shape index (κ1) is 21.1. The molecule has 4 aromatic rings. The first-order valence-electron chi connectivity index (χ1n) is 10.2. The van der Waals surface area contributed by atoms with Gasteiger partial charge in [0.25, 0.3) is 0 Å². The summed E-state index contributed by atoms with van der Waals surface area (Å²) >= 11 is 0. The van der Waals surface area contributed by atoms with Gasteiger partial charge in [-0.05, 0) is 36.4 Å². The first-order chi connectivity index (χ1) is 15.5. The van der Waals surface area contributed by atoms with Crippen LogP contribution in [0.15, 0.2) is 77.6 Å². The predicted molar refractivity (Wildman–Crippen MR) is 125 cm³/mol. The van der Waals surface area contributed by atoms with Crippen LogP contribution >= 0.6 is 0 Å². The second-order valence-electron chi connectivity index (χ2n) is 7.48. The van der Waals surface area contributed by atoms with Crippen molar-refractivity contribution in [1.29, 1.82) is 0 Å². The number of anilines is 1. The van der Waals surface area contributed by atoms with Gasteiger partial charge in [-0.1, -0.05) is 30.3 Å². The second-order valence-corrected chi connectivity index (χ2v) is 7.48. The molecular weight excluding hydrogens is 406 g/mol. The average Bonchev–Trinajstić information content (AvgIpc) is 2.81. The third-order valence-corrected chi connectivity index (χ3v) is 5.33. The summed E-state index contributed by atoms with van der Waals surface area (Å²) in [6.07, 6.45) is 0. The third kappa shape index (κ3) is 4.18. The Morgan fingerprint density at radius 3 is 2.19 bits per heavy atom. The first-order valence-corrected chi connectivity index (χ1v) is 10.2. The van der Waals surface area contributed by atoms with E-state index in [1.165, 1.54) is 4.90 Å². The van der Waals surface area contributed by atoms with Gasteiger partial charge in [0, 0.05) is 29.6 Å². The summed E-state index contributed by atoms with van der Waals surface area (Å²) in [6, 6.07) is 21.5. The zero-order chi connectivity index (χ0) is 22.7. The highest BCUT2D eigenvalue weighted by molar-refractivity contribution is 5.96. The molecule has 0 bridgehead atoms. The van der Waals surface area contributed by atoms with E-state index in [4.69, 9.17) is 4.74 Å². The Labute approximate surface area is 184 Å². The highest BCUT2D eigenvalue weighted by atomic mass is 16.5. The number of rotatable bonds is 6. The summed E-state index contributed by atoms with van der Waals surface area (Å²) in [6.45, 7) is -0.101. The summed E-state index contributed by atoms with van der Waals surface area (Å²) in [7, 11) is 3.14. The Hall–Kier alpha value is -4.13. The smallest absolute Gasteiger partial charge is 0.243 e. The highest BCUT2D eigenvalue weighted by Gasteiger charge is 2.17. The van der Waals surface area contributed by atoms with Crippen LogP contribution in [0.4, 0.5) is 5.69 Å². The van der Waals surface area contributed by atoms with Crippen molar-refractivity contribution in [3.8, 4) is 5.75 Å². The number of para-hydroxylation sites is 2. The number of carbonyl (C=O) groups is 2. The van der Waals surface area contributed by atoms with E-state index < -0.39 is 0 Å². The molecule has 0 unspecified atom stereocenters. The summed E-state index contributed by atoms with van der Waals surface area (Å²) in [5.41, 5.74) is 1.89. The number of carbonyl (C=O) groups excluding carboxylic acids is 2. The van der Waals surface area contributed by atoms with E-state index in [2.05, 4.69) is 5.32 Å². The minimum atomic E-state index is -0.316. The van der Waals surface area contributed by atoms with Crippen molar-refractivity contribution in [2.45, 2.75) is 6.54 Å². The third-order valence-electron chi connectivity index (χ3n) is 5.33. The molecule has 32 heavy (non-hydrogen) atoms. The predicted octanol–water partition coefficient (Wildman–Crippen LogP) is 3.26. The monoisotopic (exact) mass is 429 g/mol. The molecule has 0 atom stereocenters. The summed E-state index contributed by atoms with van der Waals surface area (Å²) in [4.78, 5) is 39.7. The van der Waals surface area contributed by atoms with Crippen LogP contribution in [-0.2, 0) is 16.1 Å². The number of aromatic nitrogens is 1. The van der Waals surface area contributed by atoms with Crippen LogP contribution in [-0.4, -0.2) is 42.0 Å². The number of hydrogen-bond acceptors (Lipinski definition) is 4. The highest BCUT2D eigenvalue weighted by Crippen LogP contribution is 2.20. The molecule has 0 aliphatic heterocycles. The Morgan fingerprint density at radius 2 is 1.56 bits per heavy atom. The molecule has 0 spiro atoms. The van der Waals surface area contributed by atoms with Crippen molar-refractivity contribution < 1.29 is 14.3 Å². The number of benzene rings is 3. The van der Waals surface area contributed by atoms with Gasteiger partial charge in [0.1, 0.15) is 12.3 Å². The fraction of sp³-hybridized carbons (Fsp3) is 0.160. The SMILES string of the molecule is COc1cccc(NC(=O)CN(C)C(=O)Cn2c3ccccc3c(=O)c3ccccc32)c1. The maximum Gasteiger partial charge on any atom is 0.243 e.